The first-order valence-corrected chi connectivity index (χ1v) is 6.49. The number of aliphatic hydroxyl groups is 1. The van der Waals surface area contributed by atoms with Gasteiger partial charge in [0.2, 0.25) is 5.91 Å². The zero-order chi connectivity index (χ0) is 14.1. The van der Waals surface area contributed by atoms with Crippen LogP contribution in [0.4, 0.5) is 5.69 Å². The molecule has 1 atom stereocenters. The molecular weight excluding hydrogens is 244 g/mol. The van der Waals surface area contributed by atoms with Gasteiger partial charge in [0.05, 0.1) is 25.4 Å². The van der Waals surface area contributed by atoms with Crippen molar-refractivity contribution in [1.82, 2.24) is 5.32 Å². The fourth-order valence-electron chi connectivity index (χ4n) is 1.73. The van der Waals surface area contributed by atoms with Crippen LogP contribution in [0.3, 0.4) is 0 Å². The number of hydrogen-bond acceptors (Lipinski definition) is 4. The lowest BCUT2D eigenvalue weighted by atomic mass is 10.2. The number of carbonyl (C=O) groups is 1. The zero-order valence-corrected chi connectivity index (χ0v) is 11.5. The normalized spacial score (nSPS) is 11.9. The maximum atomic E-state index is 11.7. The molecule has 0 aromatic heterocycles. The molecule has 3 N–H and O–H groups in total. The van der Waals surface area contributed by atoms with Gasteiger partial charge in [0.1, 0.15) is 5.75 Å². The van der Waals surface area contributed by atoms with E-state index in [4.69, 9.17) is 4.74 Å². The van der Waals surface area contributed by atoms with Gasteiger partial charge in [-0.25, -0.2) is 0 Å². The zero-order valence-electron chi connectivity index (χ0n) is 11.5. The molecule has 0 aliphatic heterocycles. The van der Waals surface area contributed by atoms with Crippen LogP contribution in [0.2, 0.25) is 0 Å². The summed E-state index contributed by atoms with van der Waals surface area (Å²) in [6.07, 6.45) is 1.27. The molecule has 1 aromatic carbocycles. The second-order valence-electron chi connectivity index (χ2n) is 4.32. The van der Waals surface area contributed by atoms with Crippen molar-refractivity contribution in [2.45, 2.75) is 25.9 Å². The number of hydrogen-bond donors (Lipinski definition) is 3. The fraction of sp³-hybridized carbons (Fsp3) is 0.500. The minimum Gasteiger partial charge on any atom is -0.495 e. The van der Waals surface area contributed by atoms with E-state index >= 15 is 0 Å². The number of benzene rings is 1. The molecule has 1 amide bonds. The average molecular weight is 266 g/mol. The van der Waals surface area contributed by atoms with E-state index in [0.29, 0.717) is 18.0 Å². The minimum absolute atomic E-state index is 0.159. The van der Waals surface area contributed by atoms with E-state index in [1.165, 1.54) is 0 Å². The third-order valence-corrected chi connectivity index (χ3v) is 2.67. The van der Waals surface area contributed by atoms with Crippen molar-refractivity contribution in [2.75, 3.05) is 25.5 Å². The fourth-order valence-corrected chi connectivity index (χ4v) is 1.73. The predicted molar refractivity (Wildman–Crippen MR) is 75.4 cm³/mol. The lowest BCUT2D eigenvalue weighted by Crippen LogP contribution is -2.33. The molecule has 0 fully saturated rings. The van der Waals surface area contributed by atoms with Crippen LogP contribution in [0.15, 0.2) is 24.3 Å². The number of ether oxygens (including phenoxy) is 1. The van der Waals surface area contributed by atoms with E-state index in [9.17, 15) is 9.90 Å². The summed E-state index contributed by atoms with van der Waals surface area (Å²) in [6, 6.07) is 7.24. The number of methoxy groups -OCH3 is 1. The van der Waals surface area contributed by atoms with Crippen LogP contribution in [-0.4, -0.2) is 37.3 Å². The SMILES string of the molecule is CCCC(O)CNCC(=O)Nc1ccccc1OC. The van der Waals surface area contributed by atoms with E-state index in [0.717, 1.165) is 12.8 Å². The summed E-state index contributed by atoms with van der Waals surface area (Å²) in [5.41, 5.74) is 0.644. The molecule has 0 aliphatic rings. The summed E-state index contributed by atoms with van der Waals surface area (Å²) >= 11 is 0. The van der Waals surface area contributed by atoms with Crippen molar-refractivity contribution in [3.05, 3.63) is 24.3 Å². The summed E-state index contributed by atoms with van der Waals surface area (Å²) in [6.45, 7) is 2.60. The van der Waals surface area contributed by atoms with Gasteiger partial charge in [-0.15, -0.1) is 0 Å². The van der Waals surface area contributed by atoms with Gasteiger partial charge >= 0.3 is 0 Å². The molecule has 5 heteroatoms. The van der Waals surface area contributed by atoms with Crippen molar-refractivity contribution in [2.24, 2.45) is 0 Å². The molecule has 0 bridgehead atoms. The summed E-state index contributed by atoms with van der Waals surface area (Å²) in [5, 5.41) is 15.2. The number of rotatable bonds is 8. The Bertz CT molecular complexity index is 396. The van der Waals surface area contributed by atoms with Gasteiger partial charge in [-0.05, 0) is 18.6 Å². The number of para-hydroxylation sites is 2. The lowest BCUT2D eigenvalue weighted by molar-refractivity contribution is -0.115. The van der Waals surface area contributed by atoms with Crippen molar-refractivity contribution >= 4 is 11.6 Å². The highest BCUT2D eigenvalue weighted by Gasteiger charge is 2.07. The van der Waals surface area contributed by atoms with E-state index in [2.05, 4.69) is 10.6 Å². The van der Waals surface area contributed by atoms with E-state index in [1.807, 2.05) is 19.1 Å². The first kappa shape index (κ1) is 15.5. The second-order valence-corrected chi connectivity index (χ2v) is 4.32. The van der Waals surface area contributed by atoms with Gasteiger partial charge in [-0.2, -0.15) is 0 Å². The first-order valence-electron chi connectivity index (χ1n) is 6.49. The lowest BCUT2D eigenvalue weighted by Gasteiger charge is -2.12. The number of amides is 1. The number of nitrogens with one attached hydrogen (secondary N) is 2. The van der Waals surface area contributed by atoms with Crippen LogP contribution in [0.25, 0.3) is 0 Å². The van der Waals surface area contributed by atoms with Crippen molar-refractivity contribution in [1.29, 1.82) is 0 Å². The Hall–Kier alpha value is -1.59. The highest BCUT2D eigenvalue weighted by atomic mass is 16.5. The summed E-state index contributed by atoms with van der Waals surface area (Å²) < 4.78 is 5.15. The van der Waals surface area contributed by atoms with Gasteiger partial charge in [0.15, 0.2) is 0 Å². The Morgan fingerprint density at radius 1 is 1.42 bits per heavy atom. The van der Waals surface area contributed by atoms with Crippen molar-refractivity contribution < 1.29 is 14.6 Å². The predicted octanol–water partition coefficient (Wildman–Crippen LogP) is 1.38. The highest BCUT2D eigenvalue weighted by molar-refractivity contribution is 5.93. The maximum Gasteiger partial charge on any atom is 0.238 e. The molecule has 1 rings (SSSR count). The Balaban J connectivity index is 2.35. The Labute approximate surface area is 114 Å². The van der Waals surface area contributed by atoms with Crippen LogP contribution >= 0.6 is 0 Å². The van der Waals surface area contributed by atoms with Crippen LogP contribution < -0.4 is 15.4 Å². The van der Waals surface area contributed by atoms with Gasteiger partial charge in [-0.3, -0.25) is 4.79 Å². The molecular formula is C14H22N2O3. The summed E-state index contributed by atoms with van der Waals surface area (Å²) in [7, 11) is 1.56. The van der Waals surface area contributed by atoms with Crippen molar-refractivity contribution in [3.63, 3.8) is 0 Å². The standard InChI is InChI=1S/C14H22N2O3/c1-3-6-11(17)9-15-10-14(18)16-12-7-4-5-8-13(12)19-2/h4-5,7-8,11,15,17H,3,6,9-10H2,1-2H3,(H,16,18). The van der Waals surface area contributed by atoms with Gasteiger partial charge in [0.25, 0.3) is 0 Å². The van der Waals surface area contributed by atoms with E-state index in [1.54, 1.807) is 19.2 Å². The smallest absolute Gasteiger partial charge is 0.238 e. The van der Waals surface area contributed by atoms with E-state index < -0.39 is 6.10 Å². The molecule has 0 spiro atoms. The largest absolute Gasteiger partial charge is 0.495 e. The molecule has 0 radical (unpaired) electrons. The van der Waals surface area contributed by atoms with Crippen LogP contribution in [0.5, 0.6) is 5.75 Å². The average Bonchev–Trinajstić information content (AvgIpc) is 2.39. The Kier molecular flexibility index (Phi) is 6.92. The number of carbonyl (C=O) groups excluding carboxylic acids is 1. The van der Waals surface area contributed by atoms with E-state index in [-0.39, 0.29) is 12.5 Å². The molecule has 0 saturated heterocycles. The van der Waals surface area contributed by atoms with Crippen molar-refractivity contribution in [3.8, 4) is 5.75 Å². The minimum atomic E-state index is -0.399. The Morgan fingerprint density at radius 2 is 2.16 bits per heavy atom. The van der Waals surface area contributed by atoms with Gasteiger partial charge in [-0.1, -0.05) is 25.5 Å². The quantitative estimate of drug-likeness (QED) is 0.665. The molecule has 106 valence electrons. The number of anilines is 1. The third-order valence-electron chi connectivity index (χ3n) is 2.67. The molecule has 0 saturated carbocycles. The van der Waals surface area contributed by atoms with Crippen LogP contribution in [0.1, 0.15) is 19.8 Å². The monoisotopic (exact) mass is 266 g/mol. The van der Waals surface area contributed by atoms with Gasteiger partial charge < -0.3 is 20.5 Å². The first-order chi connectivity index (χ1) is 9.17. The third kappa shape index (κ3) is 5.72. The topological polar surface area (TPSA) is 70.6 Å². The summed E-state index contributed by atoms with van der Waals surface area (Å²) in [5.74, 6) is 0.468. The molecule has 5 nitrogen and oxygen atoms in total. The molecule has 0 heterocycles. The van der Waals surface area contributed by atoms with Crippen LogP contribution in [0, 0.1) is 0 Å². The molecule has 0 aliphatic carbocycles. The number of aliphatic hydroxyl groups excluding tert-OH is 1. The molecule has 1 aromatic rings. The molecule has 1 unspecified atom stereocenters. The van der Waals surface area contributed by atoms with Gasteiger partial charge in [0, 0.05) is 6.54 Å². The maximum absolute atomic E-state index is 11.7. The van der Waals surface area contributed by atoms with Crippen LogP contribution in [-0.2, 0) is 4.79 Å². The second kappa shape index (κ2) is 8.50. The molecule has 19 heavy (non-hydrogen) atoms. The highest BCUT2D eigenvalue weighted by Crippen LogP contribution is 2.22. The summed E-state index contributed by atoms with van der Waals surface area (Å²) in [4.78, 5) is 11.7. The Morgan fingerprint density at radius 3 is 2.84 bits per heavy atom.